The van der Waals surface area contributed by atoms with E-state index in [2.05, 4.69) is 38.9 Å². The quantitative estimate of drug-likeness (QED) is 0.681. The van der Waals surface area contributed by atoms with Crippen molar-refractivity contribution in [3.05, 3.63) is 60.0 Å². The Kier molecular flexibility index (Phi) is 7.43. The molecule has 0 amide bonds. The van der Waals surface area contributed by atoms with Crippen LogP contribution in [0.1, 0.15) is 43.6 Å². The second-order valence-electron chi connectivity index (χ2n) is 9.04. The average Bonchev–Trinajstić information content (AvgIpc) is 2.79. The van der Waals surface area contributed by atoms with E-state index in [0.29, 0.717) is 37.9 Å². The number of hydrogen-bond donors (Lipinski definition) is 1. The zero-order valence-corrected chi connectivity index (χ0v) is 19.3. The lowest BCUT2D eigenvalue weighted by molar-refractivity contribution is -0.00213. The number of nitrogens with zero attached hydrogens (tertiary/aromatic N) is 2. The van der Waals surface area contributed by atoms with E-state index in [-0.39, 0.29) is 23.9 Å². The topological polar surface area (TPSA) is 71.5 Å². The Morgan fingerprint density at radius 2 is 1.84 bits per heavy atom. The van der Waals surface area contributed by atoms with Crippen LogP contribution in [0.4, 0.5) is 10.2 Å². The third-order valence-corrected chi connectivity index (χ3v) is 7.36. The van der Waals surface area contributed by atoms with E-state index in [1.165, 1.54) is 24.1 Å². The number of aromatic nitrogens is 1. The van der Waals surface area contributed by atoms with Crippen molar-refractivity contribution < 1.29 is 17.5 Å². The molecule has 2 fully saturated rings. The molecular weight excluding hydrogens is 429 g/mol. The molecule has 0 radical (unpaired) electrons. The van der Waals surface area contributed by atoms with Crippen molar-refractivity contribution in [3.8, 4) is 0 Å². The van der Waals surface area contributed by atoms with Crippen molar-refractivity contribution in [2.24, 2.45) is 5.92 Å². The predicted octanol–water partition coefficient (Wildman–Crippen LogP) is 3.71. The highest BCUT2D eigenvalue weighted by Gasteiger charge is 2.33. The molecule has 2 aromatic rings. The van der Waals surface area contributed by atoms with Gasteiger partial charge in [0.05, 0.1) is 25.2 Å². The molecule has 1 saturated carbocycles. The van der Waals surface area contributed by atoms with Gasteiger partial charge in [0.2, 0.25) is 10.0 Å². The van der Waals surface area contributed by atoms with E-state index >= 15 is 0 Å². The van der Waals surface area contributed by atoms with Crippen LogP contribution in [-0.2, 0) is 14.8 Å². The van der Waals surface area contributed by atoms with Crippen LogP contribution in [0.3, 0.4) is 0 Å². The molecule has 1 aromatic carbocycles. The molecule has 6 nitrogen and oxygen atoms in total. The molecule has 0 bridgehead atoms. The van der Waals surface area contributed by atoms with E-state index in [1.54, 1.807) is 6.07 Å². The monoisotopic (exact) mass is 461 g/mol. The fraction of sp³-hybridized carbons (Fsp3) is 0.542. The summed E-state index contributed by atoms with van der Waals surface area (Å²) >= 11 is 0. The summed E-state index contributed by atoms with van der Waals surface area (Å²) in [6.07, 6.45) is 7.51. The normalized spacial score (nSPS) is 26.8. The van der Waals surface area contributed by atoms with Gasteiger partial charge in [-0.3, -0.25) is 0 Å². The Balaban J connectivity index is 1.35. The Morgan fingerprint density at radius 3 is 2.50 bits per heavy atom. The van der Waals surface area contributed by atoms with Gasteiger partial charge < -0.3 is 9.64 Å². The molecule has 32 heavy (non-hydrogen) atoms. The van der Waals surface area contributed by atoms with Gasteiger partial charge in [0.1, 0.15) is 11.6 Å². The maximum Gasteiger partial charge on any atom is 0.208 e. The molecule has 1 aromatic heterocycles. The number of halogens is 1. The molecule has 4 rings (SSSR count). The molecule has 174 valence electrons. The summed E-state index contributed by atoms with van der Waals surface area (Å²) in [7, 11) is -3.31. The standard InChI is InChI=1S/C24H32FN3O3S/c1-32(29,30)27-23-13-14-28(24-12-9-21(25)15-26-24)16-20(23)17-31-22-10-7-19(8-11-22)18-5-3-2-4-6-18/h2-6,9,12,15,19-20,22-23,27H,7-8,10-11,13-14,16-17H2,1H3. The lowest BCUT2D eigenvalue weighted by Crippen LogP contribution is -2.52. The Labute approximate surface area is 190 Å². The van der Waals surface area contributed by atoms with Gasteiger partial charge in [0.25, 0.3) is 0 Å². The first-order valence-electron chi connectivity index (χ1n) is 11.4. The Bertz CT molecular complexity index is 964. The number of pyridine rings is 1. The second kappa shape index (κ2) is 10.3. The molecule has 2 atom stereocenters. The van der Waals surface area contributed by atoms with Crippen molar-refractivity contribution in [2.45, 2.75) is 50.2 Å². The number of anilines is 1. The highest BCUT2D eigenvalue weighted by Crippen LogP contribution is 2.34. The third-order valence-electron chi connectivity index (χ3n) is 6.63. The number of ether oxygens (including phenoxy) is 1. The molecule has 1 aliphatic carbocycles. The smallest absolute Gasteiger partial charge is 0.208 e. The summed E-state index contributed by atoms with van der Waals surface area (Å²) in [6, 6.07) is 13.5. The van der Waals surface area contributed by atoms with Crippen LogP contribution in [0.5, 0.6) is 0 Å². The number of benzene rings is 1. The fourth-order valence-corrected chi connectivity index (χ4v) is 5.80. The van der Waals surface area contributed by atoms with Crippen molar-refractivity contribution in [2.75, 3.05) is 30.9 Å². The van der Waals surface area contributed by atoms with E-state index in [0.717, 1.165) is 25.7 Å². The molecule has 1 saturated heterocycles. The van der Waals surface area contributed by atoms with Crippen LogP contribution in [0.25, 0.3) is 0 Å². The molecule has 8 heteroatoms. The first-order chi connectivity index (χ1) is 15.4. The minimum absolute atomic E-state index is 0.00262. The van der Waals surface area contributed by atoms with Crippen LogP contribution in [0.2, 0.25) is 0 Å². The molecule has 1 aliphatic heterocycles. The minimum Gasteiger partial charge on any atom is -0.378 e. The van der Waals surface area contributed by atoms with E-state index < -0.39 is 10.0 Å². The van der Waals surface area contributed by atoms with Gasteiger partial charge in [-0.2, -0.15) is 0 Å². The molecule has 2 aliphatic rings. The summed E-state index contributed by atoms with van der Waals surface area (Å²) in [5, 5.41) is 0. The van der Waals surface area contributed by atoms with Crippen LogP contribution in [0.15, 0.2) is 48.7 Å². The summed E-state index contributed by atoms with van der Waals surface area (Å²) in [5.74, 6) is 0.925. The molecule has 1 N–H and O–H groups in total. The molecular formula is C24H32FN3O3S. The maximum absolute atomic E-state index is 13.3. The van der Waals surface area contributed by atoms with Crippen LogP contribution >= 0.6 is 0 Å². The van der Waals surface area contributed by atoms with E-state index in [4.69, 9.17) is 4.74 Å². The van der Waals surface area contributed by atoms with Gasteiger partial charge in [0.15, 0.2) is 0 Å². The highest BCUT2D eigenvalue weighted by atomic mass is 32.2. The number of hydrogen-bond acceptors (Lipinski definition) is 5. The Morgan fingerprint density at radius 1 is 1.09 bits per heavy atom. The Hall–Kier alpha value is -2.03. The van der Waals surface area contributed by atoms with Crippen molar-refractivity contribution >= 4 is 15.8 Å². The fourth-order valence-electron chi connectivity index (χ4n) is 4.94. The summed E-state index contributed by atoms with van der Waals surface area (Å²) in [4.78, 5) is 6.28. The third kappa shape index (κ3) is 6.27. The van der Waals surface area contributed by atoms with Crippen LogP contribution in [-0.4, -0.2) is 51.5 Å². The van der Waals surface area contributed by atoms with Crippen LogP contribution in [0, 0.1) is 11.7 Å². The summed E-state index contributed by atoms with van der Waals surface area (Å²) < 4.78 is 46.1. The van der Waals surface area contributed by atoms with Crippen LogP contribution < -0.4 is 9.62 Å². The number of sulfonamides is 1. The van der Waals surface area contributed by atoms with Crippen molar-refractivity contribution in [1.82, 2.24) is 9.71 Å². The van der Waals surface area contributed by atoms with Gasteiger partial charge in [-0.25, -0.2) is 22.5 Å². The first-order valence-corrected chi connectivity index (χ1v) is 13.3. The van der Waals surface area contributed by atoms with E-state index in [9.17, 15) is 12.8 Å². The minimum atomic E-state index is -3.31. The van der Waals surface area contributed by atoms with Gasteiger partial charge in [-0.1, -0.05) is 30.3 Å². The maximum atomic E-state index is 13.3. The largest absolute Gasteiger partial charge is 0.378 e. The SMILES string of the molecule is CS(=O)(=O)NC1CCN(c2ccc(F)cn2)CC1COC1CCC(c2ccccc2)CC1. The van der Waals surface area contributed by atoms with Crippen molar-refractivity contribution in [1.29, 1.82) is 0 Å². The first kappa shape index (κ1) is 23.1. The lowest BCUT2D eigenvalue weighted by Gasteiger charge is -2.40. The number of rotatable bonds is 7. The van der Waals surface area contributed by atoms with E-state index in [1.807, 2.05) is 6.07 Å². The average molecular weight is 462 g/mol. The van der Waals surface area contributed by atoms with Crippen molar-refractivity contribution in [3.63, 3.8) is 0 Å². The number of nitrogens with one attached hydrogen (secondary N) is 1. The summed E-state index contributed by atoms with van der Waals surface area (Å²) in [5.41, 5.74) is 1.40. The summed E-state index contributed by atoms with van der Waals surface area (Å²) in [6.45, 7) is 1.77. The molecule has 2 unspecified atom stereocenters. The zero-order valence-electron chi connectivity index (χ0n) is 18.5. The van der Waals surface area contributed by atoms with Gasteiger partial charge in [-0.15, -0.1) is 0 Å². The van der Waals surface area contributed by atoms with Gasteiger partial charge in [-0.05, 0) is 55.7 Å². The molecule has 0 spiro atoms. The zero-order chi connectivity index (χ0) is 22.6. The van der Waals surface area contributed by atoms with Gasteiger partial charge >= 0.3 is 0 Å². The lowest BCUT2D eigenvalue weighted by atomic mass is 9.82. The second-order valence-corrected chi connectivity index (χ2v) is 10.8. The molecule has 2 heterocycles. The highest BCUT2D eigenvalue weighted by molar-refractivity contribution is 7.88. The van der Waals surface area contributed by atoms with Gasteiger partial charge in [0, 0.05) is 25.0 Å². The predicted molar refractivity (Wildman–Crippen MR) is 124 cm³/mol. The number of piperidine rings is 1.